The summed E-state index contributed by atoms with van der Waals surface area (Å²) < 4.78 is 18.1. The largest absolute Gasteiger partial charge is 0.466 e. The highest BCUT2D eigenvalue weighted by molar-refractivity contribution is 5.76. The number of hydrogen-bond acceptors (Lipinski definition) is 4. The van der Waals surface area contributed by atoms with Gasteiger partial charge in [0.2, 0.25) is 0 Å². The third-order valence-corrected chi connectivity index (χ3v) is 3.77. The van der Waals surface area contributed by atoms with E-state index in [4.69, 9.17) is 4.74 Å². The highest BCUT2D eigenvalue weighted by atomic mass is 19.1. The van der Waals surface area contributed by atoms with Crippen LogP contribution in [0.3, 0.4) is 0 Å². The fourth-order valence-electron chi connectivity index (χ4n) is 2.73. The third-order valence-electron chi connectivity index (χ3n) is 3.77. The van der Waals surface area contributed by atoms with Crippen molar-refractivity contribution in [1.29, 1.82) is 0 Å². The molecule has 2 atom stereocenters. The number of nitrogens with one attached hydrogen (secondary N) is 1. The van der Waals surface area contributed by atoms with Crippen molar-refractivity contribution in [2.75, 3.05) is 18.2 Å². The van der Waals surface area contributed by atoms with Gasteiger partial charge in [-0.25, -0.2) is 4.39 Å². The van der Waals surface area contributed by atoms with Gasteiger partial charge in [0.25, 0.3) is 0 Å². The van der Waals surface area contributed by atoms with Crippen LogP contribution < -0.4 is 10.4 Å². The molecule has 0 aromatic heterocycles. The van der Waals surface area contributed by atoms with Gasteiger partial charge in [0.15, 0.2) is 0 Å². The molecule has 1 aromatic rings. The first-order valence-electron chi connectivity index (χ1n) is 7.04. The minimum atomic E-state index is -0.275. The molecule has 2 unspecified atom stereocenters. The average Bonchev–Trinajstić information content (AvgIpc) is 2.92. The number of fused-ring (bicyclic) bond motifs is 1. The normalized spacial score (nSPS) is 23.3. The number of rotatable bonds is 3. The lowest BCUT2D eigenvalue weighted by atomic mass is 9.86. The zero-order valence-corrected chi connectivity index (χ0v) is 11.8. The maximum atomic E-state index is 13.0. The third kappa shape index (κ3) is 2.63. The number of halogens is 1. The van der Waals surface area contributed by atoms with Gasteiger partial charge in [-0.2, -0.15) is 0 Å². The van der Waals surface area contributed by atoms with Crippen LogP contribution in [-0.2, 0) is 9.53 Å². The van der Waals surface area contributed by atoms with Crippen LogP contribution in [0, 0.1) is 17.7 Å². The Bertz CT molecular complexity index is 595. The van der Waals surface area contributed by atoms with E-state index in [9.17, 15) is 9.18 Å². The number of anilines is 1. The van der Waals surface area contributed by atoms with Crippen molar-refractivity contribution in [2.45, 2.75) is 6.92 Å². The predicted octanol–water partition coefficient (Wildman–Crippen LogP) is 2.40. The Kier molecular flexibility index (Phi) is 3.64. The van der Waals surface area contributed by atoms with Crippen LogP contribution in [0.15, 0.2) is 48.2 Å². The van der Waals surface area contributed by atoms with E-state index < -0.39 is 0 Å². The van der Waals surface area contributed by atoms with Crippen molar-refractivity contribution in [3.05, 3.63) is 54.0 Å². The first kappa shape index (κ1) is 13.7. The average molecular weight is 288 g/mol. The quantitative estimate of drug-likeness (QED) is 0.867. The summed E-state index contributed by atoms with van der Waals surface area (Å²) in [4.78, 5) is 12.0. The SMILES string of the molecule is CCOC(=O)C1C=CC=C2NN(c3ccc(F)cc3)CC21. The lowest BCUT2D eigenvalue weighted by molar-refractivity contribution is -0.147. The van der Waals surface area contributed by atoms with E-state index in [1.807, 2.05) is 23.2 Å². The molecule has 110 valence electrons. The molecule has 3 rings (SSSR count). The Morgan fingerprint density at radius 3 is 2.90 bits per heavy atom. The zero-order chi connectivity index (χ0) is 14.8. The number of ether oxygens (including phenoxy) is 1. The van der Waals surface area contributed by atoms with E-state index in [1.54, 1.807) is 19.1 Å². The molecular weight excluding hydrogens is 271 g/mol. The molecule has 4 nitrogen and oxygen atoms in total. The molecule has 1 aliphatic heterocycles. The molecule has 0 amide bonds. The van der Waals surface area contributed by atoms with Crippen molar-refractivity contribution in [3.63, 3.8) is 0 Å². The Morgan fingerprint density at radius 2 is 2.19 bits per heavy atom. The van der Waals surface area contributed by atoms with Crippen LogP contribution in [0.5, 0.6) is 0 Å². The van der Waals surface area contributed by atoms with Crippen LogP contribution in [0.2, 0.25) is 0 Å². The van der Waals surface area contributed by atoms with Crippen molar-refractivity contribution in [2.24, 2.45) is 11.8 Å². The van der Waals surface area contributed by atoms with Gasteiger partial charge in [-0.05, 0) is 37.3 Å². The van der Waals surface area contributed by atoms with Gasteiger partial charge in [-0.3, -0.25) is 9.80 Å². The maximum Gasteiger partial charge on any atom is 0.313 e. The number of hydrazine groups is 1. The fourth-order valence-corrected chi connectivity index (χ4v) is 2.73. The van der Waals surface area contributed by atoms with Crippen molar-refractivity contribution >= 4 is 11.7 Å². The molecule has 2 aliphatic rings. The highest BCUT2D eigenvalue weighted by Gasteiger charge is 2.38. The number of nitrogens with zero attached hydrogens (tertiary/aromatic N) is 1. The molecule has 5 heteroatoms. The first-order valence-corrected chi connectivity index (χ1v) is 7.04. The minimum absolute atomic E-state index is 0.0408. The lowest BCUT2D eigenvalue weighted by Crippen LogP contribution is -2.30. The molecule has 1 N–H and O–H groups in total. The van der Waals surface area contributed by atoms with E-state index in [0.29, 0.717) is 13.2 Å². The van der Waals surface area contributed by atoms with E-state index >= 15 is 0 Å². The Hall–Kier alpha value is -2.30. The smallest absolute Gasteiger partial charge is 0.313 e. The Labute approximate surface area is 122 Å². The second kappa shape index (κ2) is 5.60. The number of carbonyl (C=O) groups is 1. The number of esters is 1. The van der Waals surface area contributed by atoms with Crippen LogP contribution >= 0.6 is 0 Å². The molecule has 21 heavy (non-hydrogen) atoms. The van der Waals surface area contributed by atoms with Gasteiger partial charge < -0.3 is 10.2 Å². The van der Waals surface area contributed by atoms with Gasteiger partial charge in [0.05, 0.1) is 18.2 Å². The van der Waals surface area contributed by atoms with Crippen LogP contribution in [-0.4, -0.2) is 19.1 Å². The topological polar surface area (TPSA) is 41.6 Å². The Morgan fingerprint density at radius 1 is 1.43 bits per heavy atom. The molecule has 1 aliphatic carbocycles. The second-order valence-electron chi connectivity index (χ2n) is 5.09. The lowest BCUT2D eigenvalue weighted by Gasteiger charge is -2.20. The maximum absolute atomic E-state index is 13.0. The summed E-state index contributed by atoms with van der Waals surface area (Å²) in [6, 6.07) is 6.28. The second-order valence-corrected chi connectivity index (χ2v) is 5.09. The highest BCUT2D eigenvalue weighted by Crippen LogP contribution is 2.33. The van der Waals surface area contributed by atoms with Crippen molar-refractivity contribution in [1.82, 2.24) is 5.43 Å². The fraction of sp³-hybridized carbons (Fsp3) is 0.312. The standard InChI is InChI=1S/C16H17FN2O2/c1-2-21-16(20)13-4-3-5-15-14(13)10-19(18-15)12-8-6-11(17)7-9-12/h3-9,13-14,18H,2,10H2,1H3. The van der Waals surface area contributed by atoms with E-state index in [-0.39, 0.29) is 23.6 Å². The molecule has 0 radical (unpaired) electrons. The molecule has 0 bridgehead atoms. The molecule has 1 fully saturated rings. The molecule has 0 spiro atoms. The monoisotopic (exact) mass is 288 g/mol. The summed E-state index contributed by atoms with van der Waals surface area (Å²) >= 11 is 0. The summed E-state index contributed by atoms with van der Waals surface area (Å²) in [5, 5.41) is 1.93. The van der Waals surface area contributed by atoms with Crippen LogP contribution in [0.25, 0.3) is 0 Å². The summed E-state index contributed by atoms with van der Waals surface area (Å²) in [5.41, 5.74) is 5.12. The number of allylic oxidation sites excluding steroid dienone is 2. The van der Waals surface area contributed by atoms with E-state index in [2.05, 4.69) is 5.43 Å². The van der Waals surface area contributed by atoms with Crippen LogP contribution in [0.4, 0.5) is 10.1 Å². The van der Waals surface area contributed by atoms with E-state index in [0.717, 1.165) is 11.4 Å². The van der Waals surface area contributed by atoms with Crippen molar-refractivity contribution in [3.8, 4) is 0 Å². The Balaban J connectivity index is 1.78. The van der Waals surface area contributed by atoms with E-state index in [1.165, 1.54) is 12.1 Å². The molecule has 0 saturated carbocycles. The predicted molar refractivity (Wildman–Crippen MR) is 77.7 cm³/mol. The summed E-state index contributed by atoms with van der Waals surface area (Å²) in [7, 11) is 0. The number of carbonyl (C=O) groups excluding carboxylic acids is 1. The summed E-state index contributed by atoms with van der Waals surface area (Å²) in [6.45, 7) is 2.83. The van der Waals surface area contributed by atoms with Gasteiger partial charge in [0.1, 0.15) is 5.82 Å². The molecule has 1 saturated heterocycles. The zero-order valence-electron chi connectivity index (χ0n) is 11.8. The summed E-state index contributed by atoms with van der Waals surface area (Å²) in [6.07, 6.45) is 5.71. The summed E-state index contributed by atoms with van der Waals surface area (Å²) in [5.74, 6) is -0.699. The van der Waals surface area contributed by atoms with Crippen LogP contribution in [0.1, 0.15) is 6.92 Å². The van der Waals surface area contributed by atoms with Gasteiger partial charge in [-0.1, -0.05) is 12.2 Å². The first-order chi connectivity index (χ1) is 10.2. The molecular formula is C16H17FN2O2. The number of benzene rings is 1. The molecule has 1 aromatic carbocycles. The minimum Gasteiger partial charge on any atom is -0.466 e. The molecule has 1 heterocycles. The van der Waals surface area contributed by atoms with Gasteiger partial charge in [-0.15, -0.1) is 0 Å². The number of hydrogen-bond donors (Lipinski definition) is 1. The van der Waals surface area contributed by atoms with Gasteiger partial charge in [0, 0.05) is 18.2 Å². The van der Waals surface area contributed by atoms with Crippen molar-refractivity contribution < 1.29 is 13.9 Å². The van der Waals surface area contributed by atoms with Gasteiger partial charge >= 0.3 is 5.97 Å².